The van der Waals surface area contributed by atoms with Gasteiger partial charge in [0.1, 0.15) is 52.0 Å². The van der Waals surface area contributed by atoms with E-state index < -0.39 is 17.9 Å². The molecule has 3 atom stereocenters. The Morgan fingerprint density at radius 2 is 1.95 bits per heavy atom. The van der Waals surface area contributed by atoms with Gasteiger partial charge in [-0.05, 0) is 59.0 Å². The van der Waals surface area contributed by atoms with Gasteiger partial charge in [-0.15, -0.1) is 0 Å². The molecule has 37 heavy (non-hydrogen) atoms. The van der Waals surface area contributed by atoms with Gasteiger partial charge in [-0.1, -0.05) is 6.07 Å². The Hall–Kier alpha value is -3.81. The number of carbonyl (C=O) groups excluding carboxylic acids is 2. The molecule has 1 aliphatic heterocycles. The molecular weight excluding hydrogens is 557 g/mol. The van der Waals surface area contributed by atoms with Gasteiger partial charge in [-0.25, -0.2) is 19.9 Å². The lowest BCUT2D eigenvalue weighted by atomic mass is 10.1. The summed E-state index contributed by atoms with van der Waals surface area (Å²) >= 11 is 3.26. The molecule has 4 aromatic heterocycles. The molecule has 0 aromatic carbocycles. The van der Waals surface area contributed by atoms with Crippen molar-refractivity contribution in [3.63, 3.8) is 0 Å². The lowest BCUT2D eigenvalue weighted by Crippen LogP contribution is -2.46. The highest BCUT2D eigenvalue weighted by molar-refractivity contribution is 9.10. The number of halogens is 4. The average molecular weight is 575 g/mol. The number of carbonyl (C=O) groups is 2. The summed E-state index contributed by atoms with van der Waals surface area (Å²) in [5.41, 5.74) is 5.29. The molecule has 2 fully saturated rings. The molecule has 1 unspecified atom stereocenters. The van der Waals surface area contributed by atoms with E-state index in [4.69, 9.17) is 5.73 Å². The number of pyridine rings is 2. The first-order valence-corrected chi connectivity index (χ1v) is 12.1. The van der Waals surface area contributed by atoms with Crippen LogP contribution in [0, 0.1) is 5.92 Å². The number of piperidine rings is 1. The summed E-state index contributed by atoms with van der Waals surface area (Å²) in [5.74, 6) is -0.175. The predicted octanol–water partition coefficient (Wildman–Crippen LogP) is 3.37. The summed E-state index contributed by atoms with van der Waals surface area (Å²) in [5, 5.41) is 2.90. The van der Waals surface area contributed by atoms with E-state index in [1.54, 1.807) is 23.1 Å². The van der Waals surface area contributed by atoms with Crippen molar-refractivity contribution in [2.45, 2.75) is 37.6 Å². The predicted molar refractivity (Wildman–Crippen MR) is 130 cm³/mol. The molecule has 3 N–H and O–H groups in total. The minimum absolute atomic E-state index is 0.0449. The SMILES string of the molecule is Nc1ncnc2c1c1nc(C(F)(F)F)ccc1n2CC(=O)N1C2C[C@@H]2C[C@H]1C(=O)Nc1cccc(Br)n1. The fraction of sp³-hybridized carbons (Fsp3) is 0.304. The number of nitrogen functional groups attached to an aromatic ring is 1. The van der Waals surface area contributed by atoms with Crippen LogP contribution < -0.4 is 11.1 Å². The number of rotatable bonds is 4. The molecule has 2 amide bonds. The molecule has 0 bridgehead atoms. The summed E-state index contributed by atoms with van der Waals surface area (Å²) in [4.78, 5) is 44.3. The lowest BCUT2D eigenvalue weighted by molar-refractivity contribution is -0.141. The summed E-state index contributed by atoms with van der Waals surface area (Å²) in [6.07, 6.45) is -2.17. The number of nitrogens with two attached hydrogens (primary N) is 1. The highest BCUT2D eigenvalue weighted by Gasteiger charge is 2.56. The van der Waals surface area contributed by atoms with E-state index in [-0.39, 0.29) is 58.2 Å². The van der Waals surface area contributed by atoms with Gasteiger partial charge in [0.2, 0.25) is 11.8 Å². The molecule has 4 aromatic rings. The quantitative estimate of drug-likeness (QED) is 0.357. The second-order valence-electron chi connectivity index (χ2n) is 9.06. The van der Waals surface area contributed by atoms with Crippen molar-refractivity contribution < 1.29 is 22.8 Å². The Labute approximate surface area is 215 Å². The molecule has 10 nitrogen and oxygen atoms in total. The van der Waals surface area contributed by atoms with Crippen LogP contribution in [0.1, 0.15) is 18.5 Å². The minimum atomic E-state index is -4.66. The zero-order valence-corrected chi connectivity index (χ0v) is 20.5. The van der Waals surface area contributed by atoms with Crippen molar-refractivity contribution >= 4 is 61.4 Å². The number of fused-ring (bicyclic) bond motifs is 4. The molecule has 1 aliphatic carbocycles. The average Bonchev–Trinajstić information content (AvgIpc) is 3.38. The fourth-order valence-corrected chi connectivity index (χ4v) is 5.40. The van der Waals surface area contributed by atoms with E-state index in [0.29, 0.717) is 16.8 Å². The second kappa shape index (κ2) is 8.36. The normalized spacial score (nSPS) is 20.9. The van der Waals surface area contributed by atoms with Gasteiger partial charge < -0.3 is 20.5 Å². The van der Waals surface area contributed by atoms with Gasteiger partial charge in [0.25, 0.3) is 0 Å². The third-order valence-electron chi connectivity index (χ3n) is 6.76. The van der Waals surface area contributed by atoms with Gasteiger partial charge in [-0.3, -0.25) is 9.59 Å². The Morgan fingerprint density at radius 3 is 2.70 bits per heavy atom. The number of hydrogen-bond acceptors (Lipinski definition) is 7. The maximum atomic E-state index is 13.6. The monoisotopic (exact) mass is 574 g/mol. The van der Waals surface area contributed by atoms with Crippen LogP contribution in [-0.4, -0.2) is 53.3 Å². The molecular formula is C23H18BrF3N8O2. The zero-order chi connectivity index (χ0) is 26.1. The van der Waals surface area contributed by atoms with E-state index in [0.717, 1.165) is 12.5 Å². The lowest BCUT2D eigenvalue weighted by Gasteiger charge is -2.27. The van der Waals surface area contributed by atoms with Crippen molar-refractivity contribution in [3.8, 4) is 0 Å². The van der Waals surface area contributed by atoms with Crippen LogP contribution in [0.15, 0.2) is 41.3 Å². The molecule has 1 saturated heterocycles. The maximum Gasteiger partial charge on any atom is 0.433 e. The van der Waals surface area contributed by atoms with Crippen molar-refractivity contribution in [1.29, 1.82) is 0 Å². The van der Waals surface area contributed by atoms with E-state index in [9.17, 15) is 22.8 Å². The number of amides is 2. The van der Waals surface area contributed by atoms with Crippen LogP contribution in [0.3, 0.4) is 0 Å². The molecule has 6 rings (SSSR count). The van der Waals surface area contributed by atoms with Crippen molar-refractivity contribution in [2.75, 3.05) is 11.1 Å². The largest absolute Gasteiger partial charge is 0.433 e. The fourth-order valence-electron chi connectivity index (χ4n) is 5.06. The highest BCUT2D eigenvalue weighted by atomic mass is 79.9. The van der Waals surface area contributed by atoms with Crippen LogP contribution in [0.2, 0.25) is 0 Å². The standard InChI is InChI=1S/C23H18BrF3N8O2/c24-15-2-1-3-16(32-15)33-22(37)13-7-10-6-12(10)35(13)17(36)8-34-11-4-5-14(23(25,26)27)31-19(11)18-20(28)29-9-30-21(18)34/h1-5,9-10,12-13H,6-8H2,(H2,28,29,30)(H,32,33,37)/t10-,12?,13+/m1/s1. The third kappa shape index (κ3) is 4.04. The number of hydrogen-bond donors (Lipinski definition) is 2. The van der Waals surface area contributed by atoms with Crippen LogP contribution in [-0.2, 0) is 22.3 Å². The molecule has 190 valence electrons. The van der Waals surface area contributed by atoms with Crippen molar-refractivity contribution in [3.05, 3.63) is 47.0 Å². The first-order valence-electron chi connectivity index (χ1n) is 11.3. The van der Waals surface area contributed by atoms with Gasteiger partial charge in [0.05, 0.1) is 10.9 Å². The molecule has 5 heterocycles. The molecule has 14 heteroatoms. The number of nitrogens with one attached hydrogen (secondary N) is 1. The molecule has 1 saturated carbocycles. The topological polar surface area (TPSA) is 132 Å². The summed E-state index contributed by atoms with van der Waals surface area (Å²) < 4.78 is 42.1. The minimum Gasteiger partial charge on any atom is -0.383 e. The van der Waals surface area contributed by atoms with E-state index in [2.05, 4.69) is 41.2 Å². The number of likely N-dealkylation sites (tertiary alicyclic amines) is 1. The number of alkyl halides is 3. The summed E-state index contributed by atoms with van der Waals surface area (Å²) in [6.45, 7) is -0.258. The van der Waals surface area contributed by atoms with Crippen LogP contribution >= 0.6 is 15.9 Å². The van der Waals surface area contributed by atoms with Gasteiger partial charge >= 0.3 is 6.18 Å². The Morgan fingerprint density at radius 1 is 1.14 bits per heavy atom. The molecule has 0 spiro atoms. The summed E-state index contributed by atoms with van der Waals surface area (Å²) in [7, 11) is 0. The van der Waals surface area contributed by atoms with Crippen LogP contribution in [0.4, 0.5) is 24.8 Å². The first-order chi connectivity index (χ1) is 17.6. The van der Waals surface area contributed by atoms with Crippen molar-refractivity contribution in [1.82, 2.24) is 29.4 Å². The van der Waals surface area contributed by atoms with E-state index >= 15 is 0 Å². The Balaban J connectivity index is 1.34. The van der Waals surface area contributed by atoms with Crippen LogP contribution in [0.5, 0.6) is 0 Å². The van der Waals surface area contributed by atoms with Gasteiger partial charge in [0, 0.05) is 6.04 Å². The van der Waals surface area contributed by atoms with Gasteiger partial charge in [-0.2, -0.15) is 13.2 Å². The highest BCUT2D eigenvalue weighted by Crippen LogP contribution is 2.48. The second-order valence-corrected chi connectivity index (χ2v) is 9.87. The number of aromatic nitrogens is 5. The van der Waals surface area contributed by atoms with Gasteiger partial charge in [0.15, 0.2) is 0 Å². The van der Waals surface area contributed by atoms with E-state index in [1.807, 2.05) is 0 Å². The first kappa shape index (κ1) is 23.6. The Bertz CT molecular complexity index is 1590. The molecule has 0 radical (unpaired) electrons. The number of anilines is 2. The Kier molecular flexibility index (Phi) is 5.33. The maximum absolute atomic E-state index is 13.6. The van der Waals surface area contributed by atoms with Crippen molar-refractivity contribution in [2.24, 2.45) is 5.92 Å². The van der Waals surface area contributed by atoms with E-state index in [1.165, 1.54) is 17.0 Å². The summed E-state index contributed by atoms with van der Waals surface area (Å²) in [6, 6.07) is 6.43. The molecule has 2 aliphatic rings. The smallest absolute Gasteiger partial charge is 0.383 e. The van der Waals surface area contributed by atoms with Crippen LogP contribution in [0.25, 0.3) is 22.1 Å². The third-order valence-corrected chi connectivity index (χ3v) is 7.20. The number of nitrogens with zero attached hydrogens (tertiary/aromatic N) is 6. The zero-order valence-electron chi connectivity index (χ0n) is 18.9.